The number of hydrogen-bond donors (Lipinski definition) is 2. The lowest BCUT2D eigenvalue weighted by Crippen LogP contribution is -2.67. The van der Waals surface area contributed by atoms with E-state index in [0.717, 1.165) is 0 Å². The van der Waals surface area contributed by atoms with Gasteiger partial charge in [-0.2, -0.15) is 0 Å². The smallest absolute Gasteiger partial charge is 0.311 e. The van der Waals surface area contributed by atoms with Crippen LogP contribution in [0.5, 0.6) is 11.5 Å². The number of benzene rings is 1. The van der Waals surface area contributed by atoms with Gasteiger partial charge < -0.3 is 20.9 Å². The van der Waals surface area contributed by atoms with E-state index in [2.05, 4.69) is 5.73 Å². The van der Waals surface area contributed by atoms with Gasteiger partial charge in [0.1, 0.15) is 0 Å². The minimum absolute atomic E-state index is 0.142. The Kier molecular flexibility index (Phi) is 6.52. The van der Waals surface area contributed by atoms with E-state index in [1.165, 1.54) is 6.07 Å². The molecule has 0 aliphatic rings. The second kappa shape index (κ2) is 8.14. The van der Waals surface area contributed by atoms with E-state index in [4.69, 9.17) is 15.2 Å². The summed E-state index contributed by atoms with van der Waals surface area (Å²) < 4.78 is 10.3. The maximum Gasteiger partial charge on any atom is 0.311 e. The molecule has 5 N–H and O–H groups in total. The molecule has 0 heterocycles. The number of rotatable bonds is 7. The van der Waals surface area contributed by atoms with Crippen molar-refractivity contribution in [2.24, 2.45) is 5.73 Å². The molecule has 1 rings (SSSR count). The molecule has 1 unspecified atom stereocenters. The third kappa shape index (κ3) is 5.17. The summed E-state index contributed by atoms with van der Waals surface area (Å²) in [6.07, 6.45) is 0.685. The molecule has 0 aromatic heterocycles. The molecule has 1 atom stereocenters. The molecule has 7 nitrogen and oxygen atoms in total. The molecule has 7 heteroatoms. The number of primary amides is 1. The number of ether oxygens (including phenoxy) is 2. The Morgan fingerprint density at radius 2 is 1.64 bits per heavy atom. The van der Waals surface area contributed by atoms with Crippen LogP contribution >= 0.6 is 0 Å². The molecule has 1 aromatic rings. The van der Waals surface area contributed by atoms with Crippen LogP contribution in [0.3, 0.4) is 0 Å². The van der Waals surface area contributed by atoms with E-state index in [9.17, 15) is 14.4 Å². The van der Waals surface area contributed by atoms with Crippen molar-refractivity contribution in [3.63, 3.8) is 0 Å². The Morgan fingerprint density at radius 3 is 2.14 bits per heavy atom. The Morgan fingerprint density at radius 1 is 1.09 bits per heavy atom. The van der Waals surface area contributed by atoms with E-state index < -0.39 is 23.9 Å². The van der Waals surface area contributed by atoms with Crippen molar-refractivity contribution in [2.45, 2.75) is 39.2 Å². The fourth-order valence-electron chi connectivity index (χ4n) is 1.62. The zero-order valence-electron chi connectivity index (χ0n) is 12.8. The van der Waals surface area contributed by atoms with Crippen LogP contribution in [0, 0.1) is 0 Å². The summed E-state index contributed by atoms with van der Waals surface area (Å²) in [6.45, 7) is 3.32. The van der Waals surface area contributed by atoms with Crippen molar-refractivity contribution < 1.29 is 29.6 Å². The molecule has 0 aliphatic heterocycles. The highest BCUT2D eigenvalue weighted by atomic mass is 16.6. The first-order chi connectivity index (χ1) is 10.4. The van der Waals surface area contributed by atoms with Crippen molar-refractivity contribution in [3.8, 4) is 11.5 Å². The molecule has 1 amide bonds. The van der Waals surface area contributed by atoms with Gasteiger partial charge in [0.2, 0.25) is 0 Å². The Bertz CT molecular complexity index is 571. The summed E-state index contributed by atoms with van der Waals surface area (Å²) in [5.74, 6) is -1.10. The van der Waals surface area contributed by atoms with Crippen LogP contribution in [0.15, 0.2) is 18.2 Å². The quantitative estimate of drug-likeness (QED) is 0.540. The van der Waals surface area contributed by atoms with E-state index in [-0.39, 0.29) is 24.3 Å². The third-order valence-electron chi connectivity index (χ3n) is 2.92. The number of carbonyl (C=O) groups excluding carboxylic acids is 3. The molecular formula is C15H21N2O5+. The van der Waals surface area contributed by atoms with Crippen LogP contribution in [-0.4, -0.2) is 23.9 Å². The van der Waals surface area contributed by atoms with Gasteiger partial charge in [-0.15, -0.1) is 0 Å². The number of carbonyl (C=O) groups is 3. The monoisotopic (exact) mass is 309 g/mol. The maximum absolute atomic E-state index is 11.5. The van der Waals surface area contributed by atoms with E-state index in [0.29, 0.717) is 12.0 Å². The SMILES string of the molecule is CCC(=O)Oc1ccc(CC([NH3+])C(N)=O)cc1OC(=O)CC. The van der Waals surface area contributed by atoms with Gasteiger partial charge in [-0.25, -0.2) is 0 Å². The van der Waals surface area contributed by atoms with Crippen LogP contribution in [0.25, 0.3) is 0 Å². The second-order valence-electron chi connectivity index (χ2n) is 4.74. The minimum atomic E-state index is -0.598. The predicted molar refractivity (Wildman–Crippen MR) is 77.9 cm³/mol. The number of hydrogen-bond acceptors (Lipinski definition) is 5. The zero-order valence-corrected chi connectivity index (χ0v) is 12.8. The zero-order chi connectivity index (χ0) is 16.7. The van der Waals surface area contributed by atoms with Gasteiger partial charge in [-0.1, -0.05) is 19.9 Å². The number of esters is 2. The molecule has 1 aromatic carbocycles. The van der Waals surface area contributed by atoms with E-state index >= 15 is 0 Å². The minimum Gasteiger partial charge on any atom is -0.423 e. The molecule has 0 bridgehead atoms. The van der Waals surface area contributed by atoms with Crippen molar-refractivity contribution >= 4 is 17.8 Å². The van der Waals surface area contributed by atoms with Gasteiger partial charge in [-0.05, 0) is 17.7 Å². The molecule has 0 saturated carbocycles. The number of amides is 1. The molecular weight excluding hydrogens is 288 g/mol. The van der Waals surface area contributed by atoms with Gasteiger partial charge in [0.05, 0.1) is 0 Å². The second-order valence-corrected chi connectivity index (χ2v) is 4.74. The molecule has 22 heavy (non-hydrogen) atoms. The standard InChI is InChI=1S/C15H20N2O5/c1-3-13(18)21-11-6-5-9(7-10(16)15(17)20)8-12(11)22-14(19)4-2/h5-6,8,10H,3-4,7,16H2,1-2H3,(H2,17,20)/p+1. The van der Waals surface area contributed by atoms with E-state index in [1.807, 2.05) is 0 Å². The first-order valence-electron chi connectivity index (χ1n) is 7.04. The van der Waals surface area contributed by atoms with Gasteiger partial charge in [0, 0.05) is 19.3 Å². The average molecular weight is 309 g/mol. The van der Waals surface area contributed by atoms with Crippen LogP contribution < -0.4 is 20.9 Å². The molecule has 0 spiro atoms. The highest BCUT2D eigenvalue weighted by molar-refractivity contribution is 5.79. The molecule has 0 radical (unpaired) electrons. The van der Waals surface area contributed by atoms with Crippen LogP contribution in [0.2, 0.25) is 0 Å². The van der Waals surface area contributed by atoms with Gasteiger partial charge >= 0.3 is 11.9 Å². The van der Waals surface area contributed by atoms with Crippen molar-refractivity contribution in [1.82, 2.24) is 0 Å². The number of quaternary nitrogens is 1. The Balaban J connectivity index is 3.04. The van der Waals surface area contributed by atoms with Crippen molar-refractivity contribution in [2.75, 3.05) is 0 Å². The summed E-state index contributed by atoms with van der Waals surface area (Å²) in [5, 5.41) is 0. The lowest BCUT2D eigenvalue weighted by atomic mass is 10.1. The third-order valence-corrected chi connectivity index (χ3v) is 2.92. The maximum atomic E-state index is 11.5. The first kappa shape index (κ1) is 17.6. The summed E-state index contributed by atoms with van der Waals surface area (Å²) in [6, 6.07) is 4.14. The summed E-state index contributed by atoms with van der Waals surface area (Å²) >= 11 is 0. The summed E-state index contributed by atoms with van der Waals surface area (Å²) in [4.78, 5) is 34.0. The normalized spacial score (nSPS) is 11.6. The average Bonchev–Trinajstić information content (AvgIpc) is 2.49. The topological polar surface area (TPSA) is 123 Å². The largest absolute Gasteiger partial charge is 0.423 e. The van der Waals surface area contributed by atoms with Crippen molar-refractivity contribution in [3.05, 3.63) is 23.8 Å². The Hall–Kier alpha value is -2.41. The summed E-state index contributed by atoms with van der Waals surface area (Å²) in [5.41, 5.74) is 9.54. The molecule has 0 aliphatic carbocycles. The van der Waals surface area contributed by atoms with Gasteiger partial charge in [0.15, 0.2) is 17.5 Å². The van der Waals surface area contributed by atoms with Crippen LogP contribution in [-0.2, 0) is 20.8 Å². The summed E-state index contributed by atoms with van der Waals surface area (Å²) in [7, 11) is 0. The lowest BCUT2D eigenvalue weighted by Gasteiger charge is -2.12. The van der Waals surface area contributed by atoms with Gasteiger partial charge in [-0.3, -0.25) is 14.4 Å². The number of nitrogens with two attached hydrogens (primary N) is 1. The van der Waals surface area contributed by atoms with E-state index in [1.54, 1.807) is 26.0 Å². The van der Waals surface area contributed by atoms with Crippen LogP contribution in [0.4, 0.5) is 0 Å². The van der Waals surface area contributed by atoms with Gasteiger partial charge in [0.25, 0.3) is 5.91 Å². The fourth-order valence-corrected chi connectivity index (χ4v) is 1.62. The van der Waals surface area contributed by atoms with Crippen molar-refractivity contribution in [1.29, 1.82) is 0 Å². The first-order valence-corrected chi connectivity index (χ1v) is 7.04. The highest BCUT2D eigenvalue weighted by Gasteiger charge is 2.17. The lowest BCUT2D eigenvalue weighted by molar-refractivity contribution is -0.402. The highest BCUT2D eigenvalue weighted by Crippen LogP contribution is 2.29. The predicted octanol–water partition coefficient (Wildman–Crippen LogP) is -0.0443. The fraction of sp³-hybridized carbons (Fsp3) is 0.400. The van der Waals surface area contributed by atoms with Crippen LogP contribution in [0.1, 0.15) is 32.3 Å². The Labute approximate surface area is 128 Å². The molecule has 0 fully saturated rings. The molecule has 0 saturated heterocycles. The molecule has 120 valence electrons.